The molecule has 1 aromatic heterocycles. The summed E-state index contributed by atoms with van der Waals surface area (Å²) in [6.45, 7) is 3.95. The predicted molar refractivity (Wildman–Crippen MR) is 88.7 cm³/mol. The van der Waals surface area contributed by atoms with Crippen LogP contribution < -0.4 is 4.74 Å². The van der Waals surface area contributed by atoms with E-state index < -0.39 is 5.60 Å². The third kappa shape index (κ3) is 4.53. The zero-order valence-corrected chi connectivity index (χ0v) is 14.0. The van der Waals surface area contributed by atoms with Crippen LogP contribution in [0.25, 0.3) is 0 Å². The SMILES string of the molecule is COCCOc1ccc(CN2CCC(O)(Cn3ccnn3)C2)cc1. The van der Waals surface area contributed by atoms with Crippen molar-refractivity contribution in [3.63, 3.8) is 0 Å². The first kappa shape index (κ1) is 16.9. The van der Waals surface area contributed by atoms with Crippen molar-refractivity contribution in [2.75, 3.05) is 33.4 Å². The van der Waals surface area contributed by atoms with Gasteiger partial charge in [-0.2, -0.15) is 0 Å². The van der Waals surface area contributed by atoms with Gasteiger partial charge in [-0.1, -0.05) is 17.3 Å². The van der Waals surface area contributed by atoms with Crippen LogP contribution in [0.3, 0.4) is 0 Å². The molecule has 7 heteroatoms. The molecule has 1 aliphatic heterocycles. The average Bonchev–Trinajstić information content (AvgIpc) is 3.20. The summed E-state index contributed by atoms with van der Waals surface area (Å²) < 4.78 is 12.2. The van der Waals surface area contributed by atoms with Gasteiger partial charge in [-0.3, -0.25) is 4.90 Å². The Hall–Kier alpha value is -1.96. The molecule has 7 nitrogen and oxygen atoms in total. The van der Waals surface area contributed by atoms with E-state index in [9.17, 15) is 5.11 Å². The summed E-state index contributed by atoms with van der Waals surface area (Å²) in [6.07, 6.45) is 4.15. The monoisotopic (exact) mass is 332 g/mol. The zero-order chi connectivity index (χ0) is 16.8. The minimum atomic E-state index is -0.739. The van der Waals surface area contributed by atoms with Crippen molar-refractivity contribution in [3.05, 3.63) is 42.2 Å². The van der Waals surface area contributed by atoms with E-state index in [0.717, 1.165) is 25.3 Å². The first-order valence-corrected chi connectivity index (χ1v) is 8.16. The lowest BCUT2D eigenvalue weighted by Gasteiger charge is -2.23. The number of aliphatic hydroxyl groups is 1. The molecule has 24 heavy (non-hydrogen) atoms. The van der Waals surface area contributed by atoms with Crippen LogP contribution in [-0.2, 0) is 17.8 Å². The van der Waals surface area contributed by atoms with Crippen LogP contribution >= 0.6 is 0 Å². The van der Waals surface area contributed by atoms with Crippen molar-refractivity contribution < 1.29 is 14.6 Å². The Kier molecular flexibility index (Phi) is 5.44. The van der Waals surface area contributed by atoms with E-state index in [1.807, 2.05) is 12.1 Å². The van der Waals surface area contributed by atoms with Crippen LogP contribution in [0.4, 0.5) is 0 Å². The molecule has 0 spiro atoms. The highest BCUT2D eigenvalue weighted by Crippen LogP contribution is 2.25. The summed E-state index contributed by atoms with van der Waals surface area (Å²) >= 11 is 0. The largest absolute Gasteiger partial charge is 0.491 e. The molecule has 1 N–H and O–H groups in total. The number of ether oxygens (including phenoxy) is 2. The van der Waals surface area contributed by atoms with Crippen molar-refractivity contribution in [1.82, 2.24) is 19.9 Å². The minimum Gasteiger partial charge on any atom is -0.491 e. The van der Waals surface area contributed by atoms with Crippen LogP contribution in [0.5, 0.6) is 5.75 Å². The van der Waals surface area contributed by atoms with Gasteiger partial charge in [0.1, 0.15) is 12.4 Å². The van der Waals surface area contributed by atoms with E-state index in [1.165, 1.54) is 5.56 Å². The molecule has 0 radical (unpaired) electrons. The lowest BCUT2D eigenvalue weighted by atomic mass is 10.0. The van der Waals surface area contributed by atoms with Crippen molar-refractivity contribution in [1.29, 1.82) is 0 Å². The smallest absolute Gasteiger partial charge is 0.119 e. The summed E-state index contributed by atoms with van der Waals surface area (Å²) in [7, 11) is 1.66. The molecule has 1 aromatic carbocycles. The topological polar surface area (TPSA) is 72.6 Å². The second-order valence-electron chi connectivity index (χ2n) is 6.27. The lowest BCUT2D eigenvalue weighted by Crippen LogP contribution is -2.37. The predicted octanol–water partition coefficient (Wildman–Crippen LogP) is 0.940. The number of methoxy groups -OCH3 is 1. The number of benzene rings is 1. The average molecular weight is 332 g/mol. The number of hydrogen-bond acceptors (Lipinski definition) is 6. The molecular formula is C17H24N4O3. The van der Waals surface area contributed by atoms with Crippen LogP contribution in [-0.4, -0.2) is 64.0 Å². The van der Waals surface area contributed by atoms with Crippen LogP contribution in [0.1, 0.15) is 12.0 Å². The molecule has 1 saturated heterocycles. The first-order valence-electron chi connectivity index (χ1n) is 8.16. The Bertz CT molecular complexity index is 617. The molecule has 0 aliphatic carbocycles. The zero-order valence-electron chi connectivity index (χ0n) is 14.0. The third-order valence-corrected chi connectivity index (χ3v) is 4.23. The molecule has 0 bridgehead atoms. The van der Waals surface area contributed by atoms with Crippen LogP contribution in [0, 0.1) is 0 Å². The van der Waals surface area contributed by atoms with E-state index in [-0.39, 0.29) is 0 Å². The summed E-state index contributed by atoms with van der Waals surface area (Å²) in [4.78, 5) is 2.26. The Labute approximate surface area is 141 Å². The lowest BCUT2D eigenvalue weighted by molar-refractivity contribution is 0.0274. The second kappa shape index (κ2) is 7.74. The standard InChI is InChI=1S/C17H24N4O3/c1-23-10-11-24-16-4-2-15(3-5-16)12-20-8-6-17(22,13-20)14-21-9-7-18-19-21/h2-5,7,9,22H,6,8,10-14H2,1H3. The van der Waals surface area contributed by atoms with Crippen molar-refractivity contribution in [2.45, 2.75) is 25.1 Å². The van der Waals surface area contributed by atoms with Gasteiger partial charge in [0.25, 0.3) is 0 Å². The molecule has 0 saturated carbocycles. The van der Waals surface area contributed by atoms with Gasteiger partial charge in [0.15, 0.2) is 0 Å². The number of nitrogens with zero attached hydrogens (tertiary/aromatic N) is 4. The van der Waals surface area contributed by atoms with Gasteiger partial charge in [-0.25, -0.2) is 4.68 Å². The van der Waals surface area contributed by atoms with Gasteiger partial charge in [-0.05, 0) is 24.1 Å². The molecule has 2 heterocycles. The van der Waals surface area contributed by atoms with Gasteiger partial charge >= 0.3 is 0 Å². The minimum absolute atomic E-state index is 0.482. The summed E-state index contributed by atoms with van der Waals surface area (Å²) in [6, 6.07) is 8.08. The normalized spacial score (nSPS) is 21.2. The third-order valence-electron chi connectivity index (χ3n) is 4.23. The first-order chi connectivity index (χ1) is 11.7. The van der Waals surface area contributed by atoms with Crippen molar-refractivity contribution in [2.24, 2.45) is 0 Å². The molecule has 1 fully saturated rings. The molecule has 1 atom stereocenters. The van der Waals surface area contributed by atoms with E-state index in [1.54, 1.807) is 24.2 Å². The van der Waals surface area contributed by atoms with E-state index in [2.05, 4.69) is 27.3 Å². The van der Waals surface area contributed by atoms with Gasteiger partial charge in [-0.15, -0.1) is 5.10 Å². The molecule has 130 valence electrons. The second-order valence-corrected chi connectivity index (χ2v) is 6.27. The Balaban J connectivity index is 1.50. The highest BCUT2D eigenvalue weighted by atomic mass is 16.5. The fourth-order valence-corrected chi connectivity index (χ4v) is 3.02. The maximum atomic E-state index is 10.7. The number of aromatic nitrogens is 3. The fourth-order valence-electron chi connectivity index (χ4n) is 3.02. The van der Waals surface area contributed by atoms with Crippen molar-refractivity contribution in [3.8, 4) is 5.75 Å². The molecule has 1 aliphatic rings. The Morgan fingerprint density at radius 3 is 2.79 bits per heavy atom. The van der Waals surface area contributed by atoms with Gasteiger partial charge in [0, 0.05) is 32.9 Å². The highest BCUT2D eigenvalue weighted by molar-refractivity contribution is 5.27. The molecule has 1 unspecified atom stereocenters. The fraction of sp³-hybridized carbons (Fsp3) is 0.529. The number of hydrogen-bond donors (Lipinski definition) is 1. The highest BCUT2D eigenvalue weighted by Gasteiger charge is 2.36. The Morgan fingerprint density at radius 1 is 1.25 bits per heavy atom. The van der Waals surface area contributed by atoms with E-state index in [4.69, 9.17) is 9.47 Å². The summed E-state index contributed by atoms with van der Waals surface area (Å²) in [5.74, 6) is 0.847. The quantitative estimate of drug-likeness (QED) is 0.726. The molecule has 2 aromatic rings. The van der Waals surface area contributed by atoms with Crippen LogP contribution in [0.2, 0.25) is 0 Å². The maximum absolute atomic E-state index is 10.7. The summed E-state index contributed by atoms with van der Waals surface area (Å²) in [5, 5.41) is 18.4. The number of β-amino-alcohol motifs (C(OH)–C–C–N with tert-alkyl or cyclic N) is 1. The molecule has 3 rings (SSSR count). The number of rotatable bonds is 8. The van der Waals surface area contributed by atoms with Crippen molar-refractivity contribution >= 4 is 0 Å². The molecular weight excluding hydrogens is 308 g/mol. The van der Waals surface area contributed by atoms with E-state index >= 15 is 0 Å². The van der Waals surface area contributed by atoms with Gasteiger partial charge < -0.3 is 14.6 Å². The van der Waals surface area contributed by atoms with Gasteiger partial charge in [0.05, 0.1) is 24.9 Å². The molecule has 0 amide bonds. The van der Waals surface area contributed by atoms with E-state index in [0.29, 0.717) is 26.3 Å². The maximum Gasteiger partial charge on any atom is 0.119 e. The number of likely N-dealkylation sites (tertiary alicyclic amines) is 1. The van der Waals surface area contributed by atoms with Crippen LogP contribution in [0.15, 0.2) is 36.7 Å². The summed E-state index contributed by atoms with van der Waals surface area (Å²) in [5.41, 5.74) is 0.468. The Morgan fingerprint density at radius 2 is 2.08 bits per heavy atom. The van der Waals surface area contributed by atoms with Gasteiger partial charge in [0.2, 0.25) is 0 Å².